The Balaban J connectivity index is 2.46. The zero-order valence-corrected chi connectivity index (χ0v) is 7.32. The summed E-state index contributed by atoms with van der Waals surface area (Å²) in [4.78, 5) is 8.34. The summed E-state index contributed by atoms with van der Waals surface area (Å²) in [6.45, 7) is 2.22. The molecular formula is C9H14N2O. The Morgan fingerprint density at radius 3 is 2.67 bits per heavy atom. The van der Waals surface area contributed by atoms with E-state index in [0.717, 1.165) is 30.7 Å². The van der Waals surface area contributed by atoms with Gasteiger partial charge < -0.3 is 5.11 Å². The van der Waals surface area contributed by atoms with Crippen LogP contribution in [0.15, 0.2) is 12.4 Å². The molecule has 66 valence electrons. The van der Waals surface area contributed by atoms with E-state index in [1.165, 1.54) is 0 Å². The van der Waals surface area contributed by atoms with Crippen LogP contribution < -0.4 is 0 Å². The van der Waals surface area contributed by atoms with E-state index in [-0.39, 0.29) is 6.61 Å². The quantitative estimate of drug-likeness (QED) is 0.681. The summed E-state index contributed by atoms with van der Waals surface area (Å²) in [7, 11) is 0. The number of aromatic nitrogens is 2. The Labute approximate surface area is 72.5 Å². The minimum Gasteiger partial charge on any atom is -0.396 e. The lowest BCUT2D eigenvalue weighted by Crippen LogP contribution is -1.97. The van der Waals surface area contributed by atoms with Crippen molar-refractivity contribution >= 4 is 0 Å². The lowest BCUT2D eigenvalue weighted by Gasteiger charge is -2.01. The van der Waals surface area contributed by atoms with Crippen LogP contribution in [-0.2, 0) is 6.42 Å². The van der Waals surface area contributed by atoms with Gasteiger partial charge >= 0.3 is 0 Å². The topological polar surface area (TPSA) is 46.0 Å². The van der Waals surface area contributed by atoms with Crippen LogP contribution in [0.1, 0.15) is 24.2 Å². The molecule has 1 N–H and O–H groups in total. The van der Waals surface area contributed by atoms with Crippen LogP contribution in [0.2, 0.25) is 0 Å². The third-order valence-corrected chi connectivity index (χ3v) is 1.80. The highest BCUT2D eigenvalue weighted by Crippen LogP contribution is 2.04. The van der Waals surface area contributed by atoms with Gasteiger partial charge in [0.15, 0.2) is 0 Å². The summed E-state index contributed by atoms with van der Waals surface area (Å²) in [5.41, 5.74) is 2.04. The summed E-state index contributed by atoms with van der Waals surface area (Å²) >= 11 is 0. The standard InChI is InChI=1S/C9H14N2O/c1-8-9(4-2-3-7-12)11-6-5-10-8/h5-6,12H,2-4,7H2,1H3. The van der Waals surface area contributed by atoms with Crippen molar-refractivity contribution in [3.05, 3.63) is 23.8 Å². The highest BCUT2D eigenvalue weighted by atomic mass is 16.2. The summed E-state index contributed by atoms with van der Waals surface area (Å²) in [5.74, 6) is 0. The van der Waals surface area contributed by atoms with Crippen LogP contribution in [0.5, 0.6) is 0 Å². The summed E-state index contributed by atoms with van der Waals surface area (Å²) < 4.78 is 0. The van der Waals surface area contributed by atoms with Crippen LogP contribution in [0.25, 0.3) is 0 Å². The van der Waals surface area contributed by atoms with Crippen molar-refractivity contribution in [2.75, 3.05) is 6.61 Å². The molecule has 0 unspecified atom stereocenters. The average molecular weight is 166 g/mol. The molecule has 3 heteroatoms. The first-order valence-corrected chi connectivity index (χ1v) is 4.22. The fourth-order valence-corrected chi connectivity index (χ4v) is 1.09. The minimum atomic E-state index is 0.263. The first kappa shape index (κ1) is 9.13. The van der Waals surface area contributed by atoms with Gasteiger partial charge in [-0.15, -0.1) is 0 Å². The van der Waals surface area contributed by atoms with E-state index in [2.05, 4.69) is 9.97 Å². The van der Waals surface area contributed by atoms with Crippen molar-refractivity contribution in [1.29, 1.82) is 0 Å². The smallest absolute Gasteiger partial charge is 0.0615 e. The maximum atomic E-state index is 8.58. The van der Waals surface area contributed by atoms with Gasteiger partial charge in [0.25, 0.3) is 0 Å². The van der Waals surface area contributed by atoms with Gasteiger partial charge in [-0.25, -0.2) is 0 Å². The molecule has 0 fully saturated rings. The third kappa shape index (κ3) is 2.58. The fraction of sp³-hybridized carbons (Fsp3) is 0.556. The highest BCUT2D eigenvalue weighted by Gasteiger charge is 1.98. The molecule has 1 aromatic heterocycles. The predicted molar refractivity (Wildman–Crippen MR) is 46.8 cm³/mol. The zero-order chi connectivity index (χ0) is 8.81. The zero-order valence-electron chi connectivity index (χ0n) is 7.32. The molecule has 0 aliphatic rings. The Bertz CT molecular complexity index is 238. The van der Waals surface area contributed by atoms with Crippen molar-refractivity contribution < 1.29 is 5.11 Å². The molecule has 3 nitrogen and oxygen atoms in total. The number of aliphatic hydroxyl groups is 1. The number of rotatable bonds is 4. The Morgan fingerprint density at radius 1 is 1.25 bits per heavy atom. The molecule has 0 spiro atoms. The normalized spacial score (nSPS) is 10.2. The number of aryl methyl sites for hydroxylation is 2. The van der Waals surface area contributed by atoms with Gasteiger partial charge in [0, 0.05) is 19.0 Å². The maximum Gasteiger partial charge on any atom is 0.0615 e. The van der Waals surface area contributed by atoms with E-state index in [1.807, 2.05) is 6.92 Å². The maximum absolute atomic E-state index is 8.58. The van der Waals surface area contributed by atoms with E-state index in [4.69, 9.17) is 5.11 Å². The van der Waals surface area contributed by atoms with Crippen molar-refractivity contribution in [3.63, 3.8) is 0 Å². The van der Waals surface area contributed by atoms with Crippen LogP contribution in [0.4, 0.5) is 0 Å². The molecule has 1 heterocycles. The predicted octanol–water partition coefficient (Wildman–Crippen LogP) is 1.10. The number of hydrogen-bond acceptors (Lipinski definition) is 3. The Kier molecular flexibility index (Phi) is 3.67. The van der Waals surface area contributed by atoms with Crippen LogP contribution in [-0.4, -0.2) is 21.7 Å². The molecule has 0 aliphatic heterocycles. The SMILES string of the molecule is Cc1nccnc1CCCCO. The molecule has 0 bridgehead atoms. The van der Waals surface area contributed by atoms with Crippen LogP contribution in [0.3, 0.4) is 0 Å². The van der Waals surface area contributed by atoms with Gasteiger partial charge in [0.2, 0.25) is 0 Å². The van der Waals surface area contributed by atoms with E-state index < -0.39 is 0 Å². The van der Waals surface area contributed by atoms with E-state index in [1.54, 1.807) is 12.4 Å². The lowest BCUT2D eigenvalue weighted by molar-refractivity contribution is 0.284. The molecule has 12 heavy (non-hydrogen) atoms. The molecule has 1 aromatic rings. The van der Waals surface area contributed by atoms with Gasteiger partial charge in [0.1, 0.15) is 0 Å². The van der Waals surface area contributed by atoms with Gasteiger partial charge in [0.05, 0.1) is 11.4 Å². The summed E-state index contributed by atoms with van der Waals surface area (Å²) in [5, 5.41) is 8.58. The number of unbranched alkanes of at least 4 members (excludes halogenated alkanes) is 1. The number of aliphatic hydroxyl groups excluding tert-OH is 1. The average Bonchev–Trinajstić information content (AvgIpc) is 2.09. The molecule has 0 saturated heterocycles. The van der Waals surface area contributed by atoms with Gasteiger partial charge in [-0.3, -0.25) is 9.97 Å². The number of hydrogen-bond donors (Lipinski definition) is 1. The summed E-state index contributed by atoms with van der Waals surface area (Å²) in [6.07, 6.45) is 6.15. The van der Waals surface area contributed by atoms with E-state index in [9.17, 15) is 0 Å². The lowest BCUT2D eigenvalue weighted by atomic mass is 10.1. The number of nitrogens with zero attached hydrogens (tertiary/aromatic N) is 2. The first-order chi connectivity index (χ1) is 5.84. The van der Waals surface area contributed by atoms with Gasteiger partial charge in [-0.1, -0.05) is 0 Å². The molecule has 1 rings (SSSR count). The molecule has 0 aliphatic carbocycles. The highest BCUT2D eigenvalue weighted by molar-refractivity contribution is 5.07. The van der Waals surface area contributed by atoms with Crippen molar-refractivity contribution in [2.45, 2.75) is 26.2 Å². The first-order valence-electron chi connectivity index (χ1n) is 4.22. The second-order valence-electron chi connectivity index (χ2n) is 2.77. The largest absolute Gasteiger partial charge is 0.396 e. The monoisotopic (exact) mass is 166 g/mol. The van der Waals surface area contributed by atoms with E-state index >= 15 is 0 Å². The van der Waals surface area contributed by atoms with Crippen molar-refractivity contribution in [3.8, 4) is 0 Å². The molecular weight excluding hydrogens is 152 g/mol. The van der Waals surface area contributed by atoms with Crippen molar-refractivity contribution in [2.24, 2.45) is 0 Å². The van der Waals surface area contributed by atoms with Gasteiger partial charge in [-0.2, -0.15) is 0 Å². The van der Waals surface area contributed by atoms with Crippen LogP contribution in [0, 0.1) is 6.92 Å². The molecule has 0 aromatic carbocycles. The molecule has 0 saturated carbocycles. The van der Waals surface area contributed by atoms with Crippen LogP contribution >= 0.6 is 0 Å². The molecule has 0 radical (unpaired) electrons. The molecule has 0 amide bonds. The van der Waals surface area contributed by atoms with Crippen molar-refractivity contribution in [1.82, 2.24) is 9.97 Å². The third-order valence-electron chi connectivity index (χ3n) is 1.80. The minimum absolute atomic E-state index is 0.263. The Morgan fingerprint density at radius 2 is 2.00 bits per heavy atom. The Hall–Kier alpha value is -0.960. The van der Waals surface area contributed by atoms with E-state index in [0.29, 0.717) is 0 Å². The molecule has 0 atom stereocenters. The second kappa shape index (κ2) is 4.83. The second-order valence-corrected chi connectivity index (χ2v) is 2.77. The summed E-state index contributed by atoms with van der Waals surface area (Å²) in [6, 6.07) is 0. The fourth-order valence-electron chi connectivity index (χ4n) is 1.09. The van der Waals surface area contributed by atoms with Gasteiger partial charge in [-0.05, 0) is 26.2 Å².